The molecule has 6 heteroatoms. The lowest BCUT2D eigenvalue weighted by atomic mass is 9.92. The molecule has 3 aromatic rings. The third kappa shape index (κ3) is 2.87. The number of thioether (sulfide) groups is 1. The Kier molecular flexibility index (Phi) is 4.59. The van der Waals surface area contributed by atoms with Crippen LogP contribution in [0, 0.1) is 0 Å². The van der Waals surface area contributed by atoms with Gasteiger partial charge in [0, 0.05) is 39.0 Å². The minimum Gasteiger partial charge on any atom is -0.395 e. The molecule has 136 valence electrons. The number of hydrogen-bond donors (Lipinski definition) is 2. The van der Waals surface area contributed by atoms with Crippen molar-refractivity contribution in [2.45, 2.75) is 4.90 Å². The van der Waals surface area contributed by atoms with Gasteiger partial charge in [0.2, 0.25) is 0 Å². The van der Waals surface area contributed by atoms with E-state index in [4.69, 9.17) is 5.11 Å². The maximum Gasteiger partial charge on any atom is 0.265 e. The average molecular weight is 378 g/mol. The molecule has 0 unspecified atom stereocenters. The molecule has 2 amide bonds. The molecular weight excluding hydrogens is 360 g/mol. The maximum atomic E-state index is 13.2. The summed E-state index contributed by atoms with van der Waals surface area (Å²) in [6.07, 6.45) is 1.95. The number of benzene rings is 3. The first-order valence-electron chi connectivity index (χ1n) is 8.59. The summed E-state index contributed by atoms with van der Waals surface area (Å²) in [5.74, 6) is -0.647. The number of anilines is 2. The van der Waals surface area contributed by atoms with E-state index < -0.39 is 0 Å². The minimum atomic E-state index is -0.323. The summed E-state index contributed by atoms with van der Waals surface area (Å²) in [4.78, 5) is 28.6. The zero-order valence-electron chi connectivity index (χ0n) is 14.7. The van der Waals surface area contributed by atoms with E-state index >= 15 is 0 Å². The van der Waals surface area contributed by atoms with Crippen molar-refractivity contribution in [2.24, 2.45) is 0 Å². The van der Waals surface area contributed by atoms with Gasteiger partial charge < -0.3 is 10.4 Å². The first-order chi connectivity index (χ1) is 13.2. The van der Waals surface area contributed by atoms with Crippen LogP contribution in [0.2, 0.25) is 0 Å². The first kappa shape index (κ1) is 17.6. The third-order valence-corrected chi connectivity index (χ3v) is 5.37. The van der Waals surface area contributed by atoms with Crippen LogP contribution in [-0.2, 0) is 0 Å². The lowest BCUT2D eigenvalue weighted by Crippen LogP contribution is -2.40. The Labute approximate surface area is 161 Å². The van der Waals surface area contributed by atoms with Crippen molar-refractivity contribution in [3.05, 3.63) is 65.7 Å². The quantitative estimate of drug-likeness (QED) is 0.522. The number of rotatable bonds is 5. The predicted molar refractivity (Wildman–Crippen MR) is 109 cm³/mol. The molecule has 1 aliphatic rings. The highest BCUT2D eigenvalue weighted by Crippen LogP contribution is 2.36. The molecule has 5 nitrogen and oxygen atoms in total. The van der Waals surface area contributed by atoms with Crippen molar-refractivity contribution in [1.82, 2.24) is 0 Å². The summed E-state index contributed by atoms with van der Waals surface area (Å²) < 4.78 is 0. The molecule has 0 spiro atoms. The van der Waals surface area contributed by atoms with Gasteiger partial charge in [-0.1, -0.05) is 18.2 Å². The van der Waals surface area contributed by atoms with Crippen LogP contribution in [0.5, 0.6) is 0 Å². The molecule has 1 aliphatic heterocycles. The molecule has 3 aromatic carbocycles. The van der Waals surface area contributed by atoms with Crippen molar-refractivity contribution in [1.29, 1.82) is 0 Å². The molecule has 0 atom stereocenters. The minimum absolute atomic E-state index is 0.000352. The lowest BCUT2D eigenvalue weighted by molar-refractivity contribution is 0.0893. The van der Waals surface area contributed by atoms with Crippen LogP contribution in [0.1, 0.15) is 20.7 Å². The fourth-order valence-electron chi connectivity index (χ4n) is 3.43. The van der Waals surface area contributed by atoms with Crippen molar-refractivity contribution in [2.75, 3.05) is 29.6 Å². The zero-order valence-corrected chi connectivity index (χ0v) is 15.5. The molecule has 1 heterocycles. The van der Waals surface area contributed by atoms with Crippen molar-refractivity contribution in [3.8, 4) is 0 Å². The molecule has 0 saturated heterocycles. The monoisotopic (exact) mass is 378 g/mol. The highest BCUT2D eigenvalue weighted by Gasteiger charge is 2.34. The number of carbonyl (C=O) groups is 2. The second-order valence-corrected chi connectivity index (χ2v) is 7.07. The van der Waals surface area contributed by atoms with Gasteiger partial charge in [0.1, 0.15) is 0 Å². The molecule has 4 rings (SSSR count). The van der Waals surface area contributed by atoms with E-state index in [1.54, 1.807) is 30.0 Å². The zero-order chi connectivity index (χ0) is 19.0. The standard InChI is InChI=1S/C21H18N2O3S/c1-27-14-5-2-4-13(12-14)23-20(25)16-7-3-6-15-18(22-10-11-24)9-8-17(19(15)16)21(23)26/h2-9,12,22,24H,10-11H2,1H3. The number of aliphatic hydroxyl groups excluding tert-OH is 1. The van der Waals surface area contributed by atoms with Crippen LogP contribution in [0.3, 0.4) is 0 Å². The Hall–Kier alpha value is -2.83. The molecule has 0 radical (unpaired) electrons. The number of aliphatic hydroxyl groups is 1. The molecule has 0 aliphatic carbocycles. The normalized spacial score (nSPS) is 13.3. The smallest absolute Gasteiger partial charge is 0.265 e. The second-order valence-electron chi connectivity index (χ2n) is 6.19. The van der Waals surface area contributed by atoms with Gasteiger partial charge in [-0.15, -0.1) is 11.8 Å². The van der Waals surface area contributed by atoms with Gasteiger partial charge in [0.15, 0.2) is 0 Å². The van der Waals surface area contributed by atoms with Crippen molar-refractivity contribution < 1.29 is 14.7 Å². The second kappa shape index (κ2) is 7.06. The van der Waals surface area contributed by atoms with Crippen LogP contribution in [0.4, 0.5) is 11.4 Å². The van der Waals surface area contributed by atoms with E-state index in [2.05, 4.69) is 5.32 Å². The molecule has 0 bridgehead atoms. The van der Waals surface area contributed by atoms with Gasteiger partial charge in [-0.3, -0.25) is 9.59 Å². The summed E-state index contributed by atoms with van der Waals surface area (Å²) in [6, 6.07) is 16.4. The average Bonchev–Trinajstić information content (AvgIpc) is 2.71. The van der Waals surface area contributed by atoms with Gasteiger partial charge in [0.25, 0.3) is 11.8 Å². The summed E-state index contributed by atoms with van der Waals surface area (Å²) in [6.45, 7) is 0.397. The van der Waals surface area contributed by atoms with Gasteiger partial charge in [-0.05, 0) is 42.7 Å². The highest BCUT2D eigenvalue weighted by molar-refractivity contribution is 7.98. The van der Waals surface area contributed by atoms with E-state index in [1.807, 2.05) is 42.7 Å². The maximum absolute atomic E-state index is 13.2. The Morgan fingerprint density at radius 3 is 2.48 bits per heavy atom. The summed E-state index contributed by atoms with van der Waals surface area (Å²) in [5, 5.41) is 13.7. The summed E-state index contributed by atoms with van der Waals surface area (Å²) in [7, 11) is 0. The highest BCUT2D eigenvalue weighted by atomic mass is 32.2. The summed E-state index contributed by atoms with van der Waals surface area (Å²) >= 11 is 1.56. The molecule has 0 fully saturated rings. The SMILES string of the molecule is CSc1cccc(N2C(=O)c3cccc4c(NCCO)ccc(c34)C2=O)c1. The topological polar surface area (TPSA) is 69.6 Å². The molecule has 0 aromatic heterocycles. The predicted octanol–water partition coefficient (Wildman–Crippen LogP) is 3.77. The van der Waals surface area contributed by atoms with Crippen LogP contribution in [0.25, 0.3) is 10.8 Å². The Morgan fingerprint density at radius 2 is 1.74 bits per heavy atom. The van der Waals surface area contributed by atoms with E-state index in [0.717, 1.165) is 16.0 Å². The van der Waals surface area contributed by atoms with Crippen LogP contribution < -0.4 is 10.2 Å². The van der Waals surface area contributed by atoms with Crippen molar-refractivity contribution in [3.63, 3.8) is 0 Å². The van der Waals surface area contributed by atoms with E-state index in [1.165, 1.54) is 4.90 Å². The third-order valence-electron chi connectivity index (χ3n) is 4.65. The molecule has 0 saturated carbocycles. The fourth-order valence-corrected chi connectivity index (χ4v) is 3.88. The Balaban J connectivity index is 1.88. The number of carbonyl (C=O) groups excluding carboxylic acids is 2. The van der Waals surface area contributed by atoms with E-state index in [0.29, 0.717) is 28.7 Å². The van der Waals surface area contributed by atoms with Crippen LogP contribution in [-0.4, -0.2) is 36.3 Å². The Bertz CT molecular complexity index is 1040. The van der Waals surface area contributed by atoms with Crippen LogP contribution in [0.15, 0.2) is 59.5 Å². The van der Waals surface area contributed by atoms with Crippen molar-refractivity contribution >= 4 is 45.7 Å². The van der Waals surface area contributed by atoms with E-state index in [-0.39, 0.29) is 18.4 Å². The largest absolute Gasteiger partial charge is 0.395 e. The van der Waals surface area contributed by atoms with Gasteiger partial charge in [-0.2, -0.15) is 0 Å². The first-order valence-corrected chi connectivity index (χ1v) is 9.81. The number of imide groups is 1. The molecule has 2 N–H and O–H groups in total. The number of amides is 2. The summed E-state index contributed by atoms with van der Waals surface area (Å²) in [5.41, 5.74) is 2.37. The van der Waals surface area contributed by atoms with Gasteiger partial charge >= 0.3 is 0 Å². The molecule has 27 heavy (non-hydrogen) atoms. The fraction of sp³-hybridized carbons (Fsp3) is 0.143. The number of nitrogens with zero attached hydrogens (tertiary/aromatic N) is 1. The van der Waals surface area contributed by atoms with Crippen LogP contribution >= 0.6 is 11.8 Å². The van der Waals surface area contributed by atoms with Gasteiger partial charge in [0.05, 0.1) is 12.3 Å². The van der Waals surface area contributed by atoms with E-state index in [9.17, 15) is 9.59 Å². The van der Waals surface area contributed by atoms with Gasteiger partial charge in [-0.25, -0.2) is 4.90 Å². The number of nitrogens with one attached hydrogen (secondary N) is 1. The number of hydrogen-bond acceptors (Lipinski definition) is 5. The lowest BCUT2D eigenvalue weighted by Gasteiger charge is -2.28. The Morgan fingerprint density at radius 1 is 1.00 bits per heavy atom. The molecular formula is C21H18N2O3S.